The number of terminal acetylenes is 1. The summed E-state index contributed by atoms with van der Waals surface area (Å²) in [5, 5.41) is 0. The summed E-state index contributed by atoms with van der Waals surface area (Å²) in [5.41, 5.74) is 2.64. The molecule has 0 saturated heterocycles. The second-order valence-electron chi connectivity index (χ2n) is 3.84. The molecule has 94 valence electrons. The van der Waals surface area contributed by atoms with Crippen LogP contribution in [0.5, 0.6) is 11.5 Å². The third-order valence-electron chi connectivity index (χ3n) is 2.77. The fraction of sp³-hybridized carbons (Fsp3) is 0.0588. The van der Waals surface area contributed by atoms with E-state index in [0.717, 1.165) is 16.9 Å². The van der Waals surface area contributed by atoms with Crippen molar-refractivity contribution in [1.29, 1.82) is 0 Å². The minimum Gasteiger partial charge on any atom is -0.497 e. The molecule has 19 heavy (non-hydrogen) atoms. The van der Waals surface area contributed by atoms with E-state index >= 15 is 0 Å². The summed E-state index contributed by atoms with van der Waals surface area (Å²) in [6, 6.07) is 13.4. The molecule has 0 aliphatic heterocycles. The van der Waals surface area contributed by atoms with Gasteiger partial charge in [-0.15, -0.1) is 6.42 Å². The first-order valence-corrected chi connectivity index (χ1v) is 5.81. The van der Waals surface area contributed by atoms with Crippen LogP contribution in [0.25, 0.3) is 11.1 Å². The lowest BCUT2D eigenvalue weighted by Crippen LogP contribution is -1.91. The largest absolute Gasteiger partial charge is 0.497 e. The molecule has 0 bridgehead atoms. The molecule has 0 saturated carbocycles. The summed E-state index contributed by atoms with van der Waals surface area (Å²) >= 11 is 0. The topological polar surface area (TPSA) is 18.5 Å². The van der Waals surface area contributed by atoms with Crippen molar-refractivity contribution in [2.24, 2.45) is 0 Å². The number of para-hydroxylation sites is 1. The minimum atomic E-state index is 0.644. The molecule has 0 fully saturated rings. The summed E-state index contributed by atoms with van der Waals surface area (Å²) in [6.07, 6.45) is 6.87. The molecule has 0 heterocycles. The van der Waals surface area contributed by atoms with Crippen LogP contribution in [0.2, 0.25) is 0 Å². The van der Waals surface area contributed by atoms with Crippen LogP contribution in [0.15, 0.2) is 55.3 Å². The first kappa shape index (κ1) is 12.8. The summed E-state index contributed by atoms with van der Waals surface area (Å²) in [6.45, 7) is 3.58. The minimum absolute atomic E-state index is 0.644. The van der Waals surface area contributed by atoms with Gasteiger partial charge in [-0.05, 0) is 23.8 Å². The quantitative estimate of drug-likeness (QED) is 0.606. The highest BCUT2D eigenvalue weighted by Crippen LogP contribution is 2.33. The van der Waals surface area contributed by atoms with Crippen molar-refractivity contribution in [3.8, 4) is 35.0 Å². The van der Waals surface area contributed by atoms with E-state index in [1.165, 1.54) is 6.26 Å². The second-order valence-corrected chi connectivity index (χ2v) is 3.84. The average molecular weight is 250 g/mol. The SMILES string of the molecule is C#Cc1cccc(-c2ccc(OC)cc2)c1OC=C. The zero-order valence-electron chi connectivity index (χ0n) is 10.7. The highest BCUT2D eigenvalue weighted by molar-refractivity contribution is 5.74. The van der Waals surface area contributed by atoms with Crippen molar-refractivity contribution in [2.45, 2.75) is 0 Å². The fourth-order valence-electron chi connectivity index (χ4n) is 1.86. The van der Waals surface area contributed by atoms with Gasteiger partial charge in [0.05, 0.1) is 18.9 Å². The molecular weight excluding hydrogens is 236 g/mol. The second kappa shape index (κ2) is 5.79. The molecule has 2 nitrogen and oxygen atoms in total. The molecule has 0 unspecified atom stereocenters. The van der Waals surface area contributed by atoms with E-state index in [-0.39, 0.29) is 0 Å². The maximum atomic E-state index is 5.49. The molecular formula is C17H14O2. The molecule has 2 rings (SSSR count). The van der Waals surface area contributed by atoms with Gasteiger partial charge in [-0.1, -0.05) is 36.8 Å². The highest BCUT2D eigenvalue weighted by Gasteiger charge is 2.09. The number of hydrogen-bond acceptors (Lipinski definition) is 2. The molecule has 0 N–H and O–H groups in total. The standard InChI is InChI=1S/C17H14O2/c1-4-13-7-6-8-16(17(13)19-5-2)14-9-11-15(18-3)12-10-14/h1,5-12H,2H2,3H3. The van der Waals surface area contributed by atoms with E-state index in [1.54, 1.807) is 7.11 Å². The molecule has 0 aliphatic rings. The van der Waals surface area contributed by atoms with Crippen LogP contribution in [0.1, 0.15) is 5.56 Å². The number of ether oxygens (including phenoxy) is 2. The summed E-state index contributed by atoms with van der Waals surface area (Å²) in [4.78, 5) is 0. The van der Waals surface area contributed by atoms with Crippen molar-refractivity contribution < 1.29 is 9.47 Å². The Hall–Kier alpha value is -2.66. The van der Waals surface area contributed by atoms with Gasteiger partial charge in [-0.3, -0.25) is 0 Å². The van der Waals surface area contributed by atoms with E-state index in [4.69, 9.17) is 15.9 Å². The monoisotopic (exact) mass is 250 g/mol. The number of hydrogen-bond donors (Lipinski definition) is 0. The van der Waals surface area contributed by atoms with Crippen molar-refractivity contribution >= 4 is 0 Å². The van der Waals surface area contributed by atoms with Crippen molar-refractivity contribution in [3.63, 3.8) is 0 Å². The Labute approximate surface area is 113 Å². The van der Waals surface area contributed by atoms with Gasteiger partial charge in [0.15, 0.2) is 0 Å². The van der Waals surface area contributed by atoms with E-state index in [0.29, 0.717) is 11.3 Å². The predicted octanol–water partition coefficient (Wildman–Crippen LogP) is 3.87. The Morgan fingerprint density at radius 1 is 1.16 bits per heavy atom. The first-order valence-electron chi connectivity index (χ1n) is 5.81. The van der Waals surface area contributed by atoms with E-state index in [1.807, 2.05) is 42.5 Å². The van der Waals surface area contributed by atoms with Crippen LogP contribution in [0.3, 0.4) is 0 Å². The Kier molecular flexibility index (Phi) is 3.90. The normalized spacial score (nSPS) is 9.47. The maximum Gasteiger partial charge on any atom is 0.149 e. The smallest absolute Gasteiger partial charge is 0.149 e. The Morgan fingerprint density at radius 2 is 1.89 bits per heavy atom. The highest BCUT2D eigenvalue weighted by atomic mass is 16.5. The Bertz CT molecular complexity index is 619. The van der Waals surface area contributed by atoms with Crippen molar-refractivity contribution in [1.82, 2.24) is 0 Å². The van der Waals surface area contributed by atoms with Crippen LogP contribution in [-0.2, 0) is 0 Å². The average Bonchev–Trinajstić information content (AvgIpc) is 2.48. The van der Waals surface area contributed by atoms with Gasteiger partial charge in [0.1, 0.15) is 11.5 Å². The van der Waals surface area contributed by atoms with Crippen LogP contribution in [-0.4, -0.2) is 7.11 Å². The third kappa shape index (κ3) is 2.61. The molecule has 0 atom stereocenters. The van der Waals surface area contributed by atoms with Crippen molar-refractivity contribution in [3.05, 3.63) is 60.9 Å². The van der Waals surface area contributed by atoms with Gasteiger partial charge in [-0.25, -0.2) is 0 Å². The van der Waals surface area contributed by atoms with Gasteiger partial charge in [0.2, 0.25) is 0 Å². The van der Waals surface area contributed by atoms with Crippen LogP contribution >= 0.6 is 0 Å². The number of benzene rings is 2. The van der Waals surface area contributed by atoms with Gasteiger partial charge in [0.25, 0.3) is 0 Å². The summed E-state index contributed by atoms with van der Waals surface area (Å²) < 4.78 is 10.6. The van der Waals surface area contributed by atoms with Gasteiger partial charge >= 0.3 is 0 Å². The van der Waals surface area contributed by atoms with Crippen LogP contribution in [0, 0.1) is 12.3 Å². The first-order chi connectivity index (χ1) is 9.30. The zero-order valence-corrected chi connectivity index (χ0v) is 10.7. The van der Waals surface area contributed by atoms with Gasteiger partial charge < -0.3 is 9.47 Å². The molecule has 2 aromatic rings. The lowest BCUT2D eigenvalue weighted by atomic mass is 10.0. The predicted molar refractivity (Wildman–Crippen MR) is 77.2 cm³/mol. The molecule has 0 aliphatic carbocycles. The van der Waals surface area contributed by atoms with Gasteiger partial charge in [0, 0.05) is 5.56 Å². The van der Waals surface area contributed by atoms with Crippen LogP contribution in [0.4, 0.5) is 0 Å². The summed E-state index contributed by atoms with van der Waals surface area (Å²) in [7, 11) is 1.64. The number of rotatable bonds is 4. The zero-order chi connectivity index (χ0) is 13.7. The lowest BCUT2D eigenvalue weighted by Gasteiger charge is -2.11. The molecule has 0 amide bonds. The van der Waals surface area contributed by atoms with E-state index in [2.05, 4.69) is 12.5 Å². The molecule has 0 aromatic heterocycles. The van der Waals surface area contributed by atoms with Gasteiger partial charge in [-0.2, -0.15) is 0 Å². The molecule has 2 heteroatoms. The fourth-order valence-corrected chi connectivity index (χ4v) is 1.86. The van der Waals surface area contributed by atoms with Crippen LogP contribution < -0.4 is 9.47 Å². The lowest BCUT2D eigenvalue weighted by molar-refractivity contribution is 0.415. The maximum absolute atomic E-state index is 5.49. The number of methoxy groups -OCH3 is 1. The van der Waals surface area contributed by atoms with Crippen molar-refractivity contribution in [2.75, 3.05) is 7.11 Å². The molecule has 0 spiro atoms. The third-order valence-corrected chi connectivity index (χ3v) is 2.77. The Morgan fingerprint density at radius 3 is 2.47 bits per heavy atom. The van der Waals surface area contributed by atoms with E-state index in [9.17, 15) is 0 Å². The van der Waals surface area contributed by atoms with E-state index < -0.39 is 0 Å². The Balaban J connectivity index is 2.54. The molecule has 2 aromatic carbocycles. The molecule has 0 radical (unpaired) electrons. The summed E-state index contributed by atoms with van der Waals surface area (Å²) in [5.74, 6) is 4.07.